The number of oxazole rings is 1. The van der Waals surface area contributed by atoms with Crippen molar-refractivity contribution in [1.82, 2.24) is 14.5 Å². The van der Waals surface area contributed by atoms with Gasteiger partial charge < -0.3 is 14.7 Å². The Bertz CT molecular complexity index is 1150. The Morgan fingerprint density at radius 2 is 1.96 bits per heavy atom. The van der Waals surface area contributed by atoms with Crippen molar-refractivity contribution in [3.05, 3.63) is 52.8 Å². The molecule has 3 aromatic heterocycles. The van der Waals surface area contributed by atoms with E-state index in [1.54, 1.807) is 16.8 Å². The Morgan fingerprint density at radius 3 is 2.64 bits per heavy atom. The number of rotatable bonds is 2. The molecule has 0 saturated carbocycles. The summed E-state index contributed by atoms with van der Waals surface area (Å²) < 4.78 is 7.29. The van der Waals surface area contributed by atoms with Crippen molar-refractivity contribution in [3.8, 4) is 11.1 Å². The summed E-state index contributed by atoms with van der Waals surface area (Å²) in [5.41, 5.74) is 10.3. The van der Waals surface area contributed by atoms with Gasteiger partial charge in [-0.15, -0.1) is 0 Å². The summed E-state index contributed by atoms with van der Waals surface area (Å²) in [6, 6.07) is 7.69. The molecule has 0 bridgehead atoms. The van der Waals surface area contributed by atoms with Gasteiger partial charge in [0, 0.05) is 23.2 Å². The van der Waals surface area contributed by atoms with Crippen LogP contribution in [0.2, 0.25) is 0 Å². The van der Waals surface area contributed by atoms with Crippen LogP contribution in [0, 0.1) is 6.92 Å². The molecule has 0 saturated heterocycles. The Balaban J connectivity index is 2.16. The van der Waals surface area contributed by atoms with E-state index in [9.17, 15) is 4.79 Å². The molecule has 1 aromatic carbocycles. The van der Waals surface area contributed by atoms with Gasteiger partial charge in [0.05, 0.1) is 5.52 Å². The van der Waals surface area contributed by atoms with Crippen LogP contribution in [-0.2, 0) is 0 Å². The van der Waals surface area contributed by atoms with Crippen LogP contribution in [0.1, 0.15) is 25.5 Å². The number of fused-ring (bicyclic) bond motifs is 3. The highest BCUT2D eigenvalue weighted by Crippen LogP contribution is 2.33. The smallest absolute Gasteiger partial charge is 0.281 e. The van der Waals surface area contributed by atoms with Crippen LogP contribution in [-0.4, -0.2) is 14.5 Å². The molecule has 6 nitrogen and oxygen atoms in total. The molecule has 4 aromatic rings. The number of hydrogen-bond donors (Lipinski definition) is 1. The largest absolute Gasteiger partial charge is 0.443 e. The van der Waals surface area contributed by atoms with E-state index in [0.717, 1.165) is 27.6 Å². The lowest BCUT2D eigenvalue weighted by atomic mass is 9.98. The molecule has 25 heavy (non-hydrogen) atoms. The zero-order valence-electron chi connectivity index (χ0n) is 14.3. The highest BCUT2D eigenvalue weighted by Gasteiger charge is 2.19. The number of pyridine rings is 2. The second kappa shape index (κ2) is 5.44. The summed E-state index contributed by atoms with van der Waals surface area (Å²) in [5.74, 6) is 0.477. The van der Waals surface area contributed by atoms with E-state index in [1.165, 1.54) is 6.39 Å². The third-order valence-corrected chi connectivity index (χ3v) is 4.52. The van der Waals surface area contributed by atoms with Crippen molar-refractivity contribution in [2.24, 2.45) is 0 Å². The minimum atomic E-state index is -0.137. The minimum absolute atomic E-state index is 0.00501. The van der Waals surface area contributed by atoms with Gasteiger partial charge in [-0.1, -0.05) is 6.07 Å². The van der Waals surface area contributed by atoms with Gasteiger partial charge in [-0.3, -0.25) is 4.79 Å². The van der Waals surface area contributed by atoms with Crippen LogP contribution in [0.4, 0.5) is 5.82 Å². The van der Waals surface area contributed by atoms with Crippen molar-refractivity contribution in [2.75, 3.05) is 5.73 Å². The SMILES string of the molecule is Cc1c(-c2ccc(N)nc2)ccc2c3ocnc3c(=O)n(C(C)C)c12. The van der Waals surface area contributed by atoms with Gasteiger partial charge in [-0.25, -0.2) is 9.97 Å². The zero-order valence-corrected chi connectivity index (χ0v) is 14.3. The summed E-state index contributed by atoms with van der Waals surface area (Å²) >= 11 is 0. The van der Waals surface area contributed by atoms with Crippen LogP contribution >= 0.6 is 0 Å². The Hall–Kier alpha value is -3.15. The summed E-state index contributed by atoms with van der Waals surface area (Å²) in [6.45, 7) is 5.99. The number of aromatic nitrogens is 3. The van der Waals surface area contributed by atoms with Gasteiger partial charge in [-0.2, -0.15) is 0 Å². The topological polar surface area (TPSA) is 86.9 Å². The number of hydrogen-bond acceptors (Lipinski definition) is 5. The highest BCUT2D eigenvalue weighted by atomic mass is 16.3. The lowest BCUT2D eigenvalue weighted by Crippen LogP contribution is -2.23. The highest BCUT2D eigenvalue weighted by molar-refractivity contribution is 6.03. The molecule has 0 unspecified atom stereocenters. The van der Waals surface area contributed by atoms with Crippen LogP contribution in [0.5, 0.6) is 0 Å². The molecular weight excluding hydrogens is 316 g/mol. The quantitative estimate of drug-likeness (QED) is 0.604. The third kappa shape index (κ3) is 2.21. The standard InChI is InChI=1S/C19H18N4O2/c1-10(2)23-17-11(3)13(12-4-7-15(20)21-8-12)5-6-14(17)18-16(19(23)24)22-9-25-18/h4-10H,1-3H3,(H2,20,21). The van der Waals surface area contributed by atoms with Gasteiger partial charge in [0.25, 0.3) is 5.56 Å². The molecule has 0 amide bonds. The van der Waals surface area contributed by atoms with E-state index >= 15 is 0 Å². The predicted molar refractivity (Wildman–Crippen MR) is 98.5 cm³/mol. The Labute approximate surface area is 143 Å². The fourth-order valence-electron chi connectivity index (χ4n) is 3.37. The number of nitrogens with two attached hydrogens (primary N) is 1. The van der Waals surface area contributed by atoms with E-state index < -0.39 is 0 Å². The molecule has 0 atom stereocenters. The normalized spacial score (nSPS) is 11.7. The van der Waals surface area contributed by atoms with Crippen molar-refractivity contribution < 1.29 is 4.42 Å². The number of anilines is 1. The first-order valence-corrected chi connectivity index (χ1v) is 8.12. The maximum atomic E-state index is 12.9. The van der Waals surface area contributed by atoms with Gasteiger partial charge in [0.2, 0.25) is 0 Å². The maximum absolute atomic E-state index is 12.9. The fraction of sp³-hybridized carbons (Fsp3) is 0.211. The van der Waals surface area contributed by atoms with Gasteiger partial charge in [-0.05, 0) is 50.1 Å². The fourth-order valence-corrected chi connectivity index (χ4v) is 3.37. The van der Waals surface area contributed by atoms with E-state index in [1.807, 2.05) is 39.0 Å². The summed E-state index contributed by atoms with van der Waals surface area (Å²) in [6.07, 6.45) is 3.07. The third-order valence-electron chi connectivity index (χ3n) is 4.52. The number of nitrogen functional groups attached to an aromatic ring is 1. The van der Waals surface area contributed by atoms with Crippen molar-refractivity contribution in [2.45, 2.75) is 26.8 Å². The molecule has 0 fully saturated rings. The average Bonchev–Trinajstić information content (AvgIpc) is 3.07. The lowest BCUT2D eigenvalue weighted by molar-refractivity contribution is 0.596. The van der Waals surface area contributed by atoms with Crippen LogP contribution in [0.3, 0.4) is 0 Å². The summed E-state index contributed by atoms with van der Waals surface area (Å²) in [7, 11) is 0. The van der Waals surface area contributed by atoms with Gasteiger partial charge in [0.15, 0.2) is 17.5 Å². The first-order valence-electron chi connectivity index (χ1n) is 8.12. The number of nitrogens with zero attached hydrogens (tertiary/aromatic N) is 3. The second-order valence-electron chi connectivity index (χ2n) is 6.41. The van der Waals surface area contributed by atoms with Crippen LogP contribution < -0.4 is 11.3 Å². The maximum Gasteiger partial charge on any atom is 0.281 e. The number of benzene rings is 1. The van der Waals surface area contributed by atoms with Crippen LogP contribution in [0.15, 0.2) is 46.1 Å². The predicted octanol–water partition coefficient (Wildman–Crippen LogP) is 3.68. The number of aryl methyl sites for hydroxylation is 1. The van der Waals surface area contributed by atoms with E-state index in [4.69, 9.17) is 10.2 Å². The molecule has 2 N–H and O–H groups in total. The molecule has 0 aliphatic heterocycles. The van der Waals surface area contributed by atoms with Crippen molar-refractivity contribution in [3.63, 3.8) is 0 Å². The zero-order chi connectivity index (χ0) is 17.7. The van der Waals surface area contributed by atoms with Crippen LogP contribution in [0.25, 0.3) is 33.1 Å². The minimum Gasteiger partial charge on any atom is -0.443 e. The van der Waals surface area contributed by atoms with Crippen molar-refractivity contribution >= 4 is 27.8 Å². The van der Waals surface area contributed by atoms with Gasteiger partial charge in [0.1, 0.15) is 5.82 Å². The Kier molecular flexibility index (Phi) is 3.35. The molecule has 0 radical (unpaired) electrons. The Morgan fingerprint density at radius 1 is 1.16 bits per heavy atom. The first-order chi connectivity index (χ1) is 12.0. The lowest BCUT2D eigenvalue weighted by Gasteiger charge is -2.18. The summed E-state index contributed by atoms with van der Waals surface area (Å²) in [4.78, 5) is 21.2. The van der Waals surface area contributed by atoms with E-state index in [0.29, 0.717) is 16.9 Å². The van der Waals surface area contributed by atoms with E-state index in [-0.39, 0.29) is 11.6 Å². The monoisotopic (exact) mass is 334 g/mol. The van der Waals surface area contributed by atoms with E-state index in [2.05, 4.69) is 9.97 Å². The van der Waals surface area contributed by atoms with Gasteiger partial charge >= 0.3 is 0 Å². The average molecular weight is 334 g/mol. The first kappa shape index (κ1) is 15.4. The molecule has 0 aliphatic carbocycles. The second-order valence-corrected chi connectivity index (χ2v) is 6.41. The molecule has 3 heterocycles. The molecule has 4 rings (SSSR count). The summed E-state index contributed by atoms with van der Waals surface area (Å²) in [5, 5.41) is 0.880. The molecule has 6 heteroatoms. The molecule has 0 spiro atoms. The van der Waals surface area contributed by atoms with Crippen molar-refractivity contribution in [1.29, 1.82) is 0 Å². The molecular formula is C19H18N4O2. The molecule has 126 valence electrons. The molecule has 0 aliphatic rings.